The Labute approximate surface area is 178 Å². The molecule has 2 aliphatic heterocycles. The number of aryl methyl sites for hydroxylation is 2. The fourth-order valence-corrected chi connectivity index (χ4v) is 4.64. The van der Waals surface area contributed by atoms with E-state index in [1.165, 1.54) is 0 Å². The van der Waals surface area contributed by atoms with Crippen LogP contribution in [0.2, 0.25) is 0 Å². The molecule has 31 heavy (non-hydrogen) atoms. The van der Waals surface area contributed by atoms with Gasteiger partial charge in [-0.05, 0) is 61.7 Å². The number of amides is 4. The van der Waals surface area contributed by atoms with Crippen LogP contribution in [-0.2, 0) is 0 Å². The van der Waals surface area contributed by atoms with E-state index in [9.17, 15) is 19.2 Å². The van der Waals surface area contributed by atoms with Gasteiger partial charge in [0.05, 0.1) is 33.6 Å². The van der Waals surface area contributed by atoms with Gasteiger partial charge >= 0.3 is 0 Å². The van der Waals surface area contributed by atoms with Gasteiger partial charge in [-0.25, -0.2) is 9.80 Å². The Hall–Kier alpha value is -4.06. The number of fused-ring (bicyclic) bond motifs is 2. The van der Waals surface area contributed by atoms with E-state index in [1.807, 2.05) is 13.8 Å². The maximum Gasteiger partial charge on any atom is 0.266 e. The molecular formula is C25H18N2O4. The molecule has 0 fully saturated rings. The lowest BCUT2D eigenvalue weighted by Crippen LogP contribution is -2.34. The molecule has 0 saturated carbocycles. The summed E-state index contributed by atoms with van der Waals surface area (Å²) in [6, 6.07) is 15.2. The van der Waals surface area contributed by atoms with Gasteiger partial charge in [-0.1, -0.05) is 30.3 Å². The van der Waals surface area contributed by atoms with Gasteiger partial charge < -0.3 is 0 Å². The molecule has 152 valence electrons. The molecule has 2 heterocycles. The first-order valence-corrected chi connectivity index (χ1v) is 9.89. The zero-order valence-electron chi connectivity index (χ0n) is 17.2. The summed E-state index contributed by atoms with van der Waals surface area (Å²) in [5.74, 6) is -1.65. The quantitative estimate of drug-likeness (QED) is 0.593. The van der Waals surface area contributed by atoms with Gasteiger partial charge in [0.15, 0.2) is 0 Å². The third-order valence-electron chi connectivity index (χ3n) is 5.93. The lowest BCUT2D eigenvalue weighted by Gasteiger charge is -2.26. The van der Waals surface area contributed by atoms with Crippen molar-refractivity contribution in [3.05, 3.63) is 93.5 Å². The van der Waals surface area contributed by atoms with Crippen molar-refractivity contribution in [2.24, 2.45) is 0 Å². The molecule has 0 radical (unpaired) electrons. The molecular weight excluding hydrogens is 392 g/mol. The molecule has 0 atom stereocenters. The molecule has 0 unspecified atom stereocenters. The normalized spacial score (nSPS) is 15.1. The zero-order chi connectivity index (χ0) is 22.0. The van der Waals surface area contributed by atoms with Crippen LogP contribution >= 0.6 is 0 Å². The van der Waals surface area contributed by atoms with E-state index in [-0.39, 0.29) is 0 Å². The van der Waals surface area contributed by atoms with Crippen molar-refractivity contribution in [3.63, 3.8) is 0 Å². The van der Waals surface area contributed by atoms with E-state index in [0.29, 0.717) is 50.3 Å². The fourth-order valence-electron chi connectivity index (χ4n) is 4.64. The topological polar surface area (TPSA) is 74.8 Å². The average molecular weight is 410 g/mol. The van der Waals surface area contributed by atoms with Gasteiger partial charge in [-0.3, -0.25) is 19.2 Å². The van der Waals surface area contributed by atoms with Gasteiger partial charge in [-0.15, -0.1) is 0 Å². The Morgan fingerprint density at radius 2 is 0.806 bits per heavy atom. The van der Waals surface area contributed by atoms with Gasteiger partial charge in [0.2, 0.25) is 0 Å². The number of carbonyl (C=O) groups excluding carboxylic acids is 4. The molecule has 0 saturated heterocycles. The van der Waals surface area contributed by atoms with Crippen LogP contribution in [0.5, 0.6) is 0 Å². The second-order valence-electron chi connectivity index (χ2n) is 7.82. The molecule has 0 N–H and O–H groups in total. The number of nitrogens with zero attached hydrogens (tertiary/aromatic N) is 2. The standard InChI is InChI=1S/C25H18N2O4/c1-13-12-14(2)21(27-24(30)18-10-6-7-11-19(18)25(27)31)15(3)20(13)26-22(28)16-8-4-5-9-17(16)23(26)29/h4-12H,1-3H3. The highest BCUT2D eigenvalue weighted by atomic mass is 16.2. The Kier molecular flexibility index (Phi) is 3.95. The third kappa shape index (κ3) is 2.45. The molecule has 4 amide bonds. The predicted molar refractivity (Wildman–Crippen MR) is 116 cm³/mol. The summed E-state index contributed by atoms with van der Waals surface area (Å²) in [7, 11) is 0. The van der Waals surface area contributed by atoms with E-state index in [2.05, 4.69) is 0 Å². The van der Waals surface area contributed by atoms with Crippen molar-refractivity contribution in [2.75, 3.05) is 9.80 Å². The lowest BCUT2D eigenvalue weighted by atomic mass is 9.99. The molecule has 0 aromatic heterocycles. The summed E-state index contributed by atoms with van der Waals surface area (Å²) in [5, 5.41) is 0. The van der Waals surface area contributed by atoms with Crippen LogP contribution in [0.15, 0.2) is 54.6 Å². The van der Waals surface area contributed by atoms with E-state index < -0.39 is 23.6 Å². The van der Waals surface area contributed by atoms with Gasteiger partial charge in [-0.2, -0.15) is 0 Å². The molecule has 0 spiro atoms. The Balaban J connectivity index is 1.70. The maximum atomic E-state index is 13.1. The first kappa shape index (κ1) is 18.9. The minimum absolute atomic E-state index is 0.342. The first-order valence-electron chi connectivity index (χ1n) is 9.89. The largest absolute Gasteiger partial charge is 0.268 e. The number of imide groups is 2. The highest BCUT2D eigenvalue weighted by Gasteiger charge is 2.41. The molecule has 6 heteroatoms. The van der Waals surface area contributed by atoms with Crippen molar-refractivity contribution in [1.29, 1.82) is 0 Å². The predicted octanol–water partition coefficient (Wildman–Crippen LogP) is 4.21. The summed E-state index contributed by atoms with van der Waals surface area (Å²) in [6.45, 7) is 5.35. The third-order valence-corrected chi connectivity index (χ3v) is 5.93. The maximum absolute atomic E-state index is 13.1. The van der Waals surface area contributed by atoms with Crippen molar-refractivity contribution in [3.8, 4) is 0 Å². The summed E-state index contributed by atoms with van der Waals surface area (Å²) < 4.78 is 0. The fraction of sp³-hybridized carbons (Fsp3) is 0.120. The first-order chi connectivity index (χ1) is 14.8. The summed E-state index contributed by atoms with van der Waals surface area (Å²) in [4.78, 5) is 54.7. The molecule has 3 aromatic rings. The van der Waals surface area contributed by atoms with Crippen LogP contribution in [0, 0.1) is 20.8 Å². The number of benzene rings is 3. The van der Waals surface area contributed by atoms with Crippen LogP contribution in [0.3, 0.4) is 0 Å². The SMILES string of the molecule is Cc1cc(C)c(N2C(=O)c3ccccc3C2=O)c(C)c1N1C(=O)c2ccccc2C1=O. The Morgan fingerprint density at radius 3 is 1.10 bits per heavy atom. The molecule has 0 bridgehead atoms. The highest BCUT2D eigenvalue weighted by Crippen LogP contribution is 2.41. The van der Waals surface area contributed by atoms with Crippen molar-refractivity contribution in [1.82, 2.24) is 0 Å². The minimum atomic E-state index is -0.413. The van der Waals surface area contributed by atoms with Crippen LogP contribution in [0.4, 0.5) is 11.4 Å². The van der Waals surface area contributed by atoms with Crippen molar-refractivity contribution < 1.29 is 19.2 Å². The van der Waals surface area contributed by atoms with E-state index >= 15 is 0 Å². The molecule has 0 aliphatic carbocycles. The van der Waals surface area contributed by atoms with Crippen LogP contribution < -0.4 is 9.80 Å². The number of hydrogen-bond donors (Lipinski definition) is 0. The van der Waals surface area contributed by atoms with Gasteiger partial charge in [0.1, 0.15) is 0 Å². The molecule has 2 aliphatic rings. The van der Waals surface area contributed by atoms with Gasteiger partial charge in [0.25, 0.3) is 23.6 Å². The number of hydrogen-bond acceptors (Lipinski definition) is 4. The van der Waals surface area contributed by atoms with Crippen molar-refractivity contribution in [2.45, 2.75) is 20.8 Å². The second kappa shape index (κ2) is 6.47. The summed E-state index contributed by atoms with van der Waals surface area (Å²) in [5.41, 5.74) is 4.13. The molecule has 5 rings (SSSR count). The number of rotatable bonds is 2. The zero-order valence-corrected chi connectivity index (χ0v) is 17.2. The minimum Gasteiger partial charge on any atom is -0.268 e. The molecule has 3 aromatic carbocycles. The number of carbonyl (C=O) groups is 4. The smallest absolute Gasteiger partial charge is 0.266 e. The summed E-state index contributed by atoms with van der Waals surface area (Å²) >= 11 is 0. The number of anilines is 2. The monoisotopic (exact) mass is 410 g/mol. The Bertz CT molecular complexity index is 1190. The highest BCUT2D eigenvalue weighted by molar-refractivity contribution is 6.37. The van der Waals surface area contributed by atoms with E-state index in [1.54, 1.807) is 61.5 Å². The van der Waals surface area contributed by atoms with E-state index in [0.717, 1.165) is 9.80 Å². The van der Waals surface area contributed by atoms with E-state index in [4.69, 9.17) is 0 Å². The van der Waals surface area contributed by atoms with Crippen LogP contribution in [0.1, 0.15) is 58.1 Å². The second-order valence-corrected chi connectivity index (χ2v) is 7.82. The Morgan fingerprint density at radius 1 is 0.516 bits per heavy atom. The summed E-state index contributed by atoms with van der Waals surface area (Å²) in [6.07, 6.45) is 0. The van der Waals surface area contributed by atoms with Crippen molar-refractivity contribution >= 4 is 35.0 Å². The lowest BCUT2D eigenvalue weighted by molar-refractivity contribution is 0.0912. The van der Waals surface area contributed by atoms with Crippen LogP contribution in [-0.4, -0.2) is 23.6 Å². The van der Waals surface area contributed by atoms with Crippen LogP contribution in [0.25, 0.3) is 0 Å². The average Bonchev–Trinajstić information content (AvgIpc) is 3.15. The van der Waals surface area contributed by atoms with Gasteiger partial charge in [0, 0.05) is 0 Å². The molecule has 6 nitrogen and oxygen atoms in total.